The molecule has 2 aliphatic heterocycles. The van der Waals surface area contributed by atoms with Crippen LogP contribution in [0.5, 0.6) is 5.75 Å². The number of likely N-dealkylation sites (tertiary alicyclic amines) is 1. The van der Waals surface area contributed by atoms with Crippen molar-refractivity contribution in [3.8, 4) is 5.75 Å². The molecule has 2 aliphatic rings. The Hall–Kier alpha value is -3.11. The molecule has 1 atom stereocenters. The van der Waals surface area contributed by atoms with Crippen molar-refractivity contribution in [2.75, 3.05) is 19.7 Å². The molecule has 4 heterocycles. The molecule has 6 rings (SSSR count). The summed E-state index contributed by atoms with van der Waals surface area (Å²) < 4.78 is 19.4. The number of carboxylic acids is 1. The predicted octanol–water partition coefficient (Wildman–Crippen LogP) is 5.07. The minimum absolute atomic E-state index is 0.143. The molecule has 0 amide bonds. The van der Waals surface area contributed by atoms with E-state index in [1.165, 1.54) is 0 Å². The van der Waals surface area contributed by atoms with Crippen molar-refractivity contribution in [2.24, 2.45) is 5.92 Å². The van der Waals surface area contributed by atoms with Crippen molar-refractivity contribution in [1.29, 1.82) is 0 Å². The summed E-state index contributed by atoms with van der Waals surface area (Å²) in [6, 6.07) is 10.2. The van der Waals surface area contributed by atoms with E-state index in [4.69, 9.17) is 42.1 Å². The number of hydrogen-bond donors (Lipinski definition) is 1. The lowest BCUT2D eigenvalue weighted by Crippen LogP contribution is -2.47. The molecule has 198 valence electrons. The normalized spacial score (nSPS) is 17.9. The maximum atomic E-state index is 11.5. The first-order valence-corrected chi connectivity index (χ1v) is 13.2. The number of imidazole rings is 1. The van der Waals surface area contributed by atoms with Crippen LogP contribution in [0.25, 0.3) is 11.0 Å². The van der Waals surface area contributed by atoms with E-state index in [1.807, 2.05) is 0 Å². The van der Waals surface area contributed by atoms with Gasteiger partial charge in [-0.1, -0.05) is 23.2 Å². The van der Waals surface area contributed by atoms with E-state index in [1.54, 1.807) is 42.6 Å². The molecular weight excluding hydrogens is 531 g/mol. The highest BCUT2D eigenvalue weighted by Crippen LogP contribution is 2.29. The van der Waals surface area contributed by atoms with Gasteiger partial charge in [-0.2, -0.15) is 0 Å². The molecule has 11 heteroatoms. The Morgan fingerprint density at radius 2 is 2.03 bits per heavy atom. The van der Waals surface area contributed by atoms with Crippen LogP contribution in [0, 0.1) is 5.92 Å². The molecule has 0 unspecified atom stereocenters. The summed E-state index contributed by atoms with van der Waals surface area (Å²) in [5.41, 5.74) is 1.90. The number of aromatic nitrogens is 3. The molecule has 0 bridgehead atoms. The van der Waals surface area contributed by atoms with Gasteiger partial charge >= 0.3 is 5.97 Å². The number of benzene rings is 2. The number of rotatable bonds is 10. The standard InChI is InChI=1S/C27H26Cl2N4O5/c28-18-2-4-24(21(29)9-18)37-15-26-30-10-20(38-26)7-16-11-32(12-16)14-25-31-22-3-1-17(27(34)35)8-23(22)33(25)13-19-5-6-36-19/h1-4,8-10,16,19H,5-7,11-15H2,(H,34,35)/t19-/m0/s1. The molecule has 9 nitrogen and oxygen atoms in total. The molecule has 2 saturated heterocycles. The number of hydrogen-bond acceptors (Lipinski definition) is 7. The van der Waals surface area contributed by atoms with Crippen LogP contribution in [0.3, 0.4) is 0 Å². The molecular formula is C27H26Cl2N4O5. The second-order valence-corrected chi connectivity index (χ2v) is 10.6. The summed E-state index contributed by atoms with van der Waals surface area (Å²) in [6.07, 6.45) is 3.69. The number of halogens is 2. The van der Waals surface area contributed by atoms with Crippen molar-refractivity contribution < 1.29 is 23.8 Å². The summed E-state index contributed by atoms with van der Waals surface area (Å²) in [6.45, 7) is 4.15. The summed E-state index contributed by atoms with van der Waals surface area (Å²) >= 11 is 12.1. The molecule has 2 aromatic carbocycles. The third kappa shape index (κ3) is 5.37. The Kier molecular flexibility index (Phi) is 7.01. The largest absolute Gasteiger partial charge is 0.482 e. The van der Waals surface area contributed by atoms with Gasteiger partial charge in [-0.15, -0.1) is 0 Å². The number of oxazole rings is 1. The van der Waals surface area contributed by atoms with Crippen LogP contribution in [-0.4, -0.2) is 56.3 Å². The van der Waals surface area contributed by atoms with Gasteiger partial charge in [-0.25, -0.2) is 14.8 Å². The zero-order valence-corrected chi connectivity index (χ0v) is 22.0. The highest BCUT2D eigenvalue weighted by atomic mass is 35.5. The molecule has 0 radical (unpaired) electrons. The quantitative estimate of drug-likeness (QED) is 0.288. The first-order chi connectivity index (χ1) is 18.4. The molecule has 0 spiro atoms. The van der Waals surface area contributed by atoms with Gasteiger partial charge in [0.05, 0.1) is 47.0 Å². The fourth-order valence-corrected chi connectivity index (χ4v) is 5.39. The van der Waals surface area contributed by atoms with Crippen LogP contribution >= 0.6 is 23.2 Å². The Morgan fingerprint density at radius 1 is 1.18 bits per heavy atom. The van der Waals surface area contributed by atoms with E-state index < -0.39 is 5.97 Å². The summed E-state index contributed by atoms with van der Waals surface area (Å²) in [7, 11) is 0. The van der Waals surface area contributed by atoms with Gasteiger partial charge < -0.3 is 23.6 Å². The molecule has 0 saturated carbocycles. The van der Waals surface area contributed by atoms with Gasteiger partial charge in [0, 0.05) is 31.1 Å². The van der Waals surface area contributed by atoms with Gasteiger partial charge in [0.15, 0.2) is 6.61 Å². The minimum Gasteiger partial charge on any atom is -0.482 e. The highest BCUT2D eigenvalue weighted by molar-refractivity contribution is 6.35. The van der Waals surface area contributed by atoms with Crippen LogP contribution < -0.4 is 4.74 Å². The number of carboxylic acid groups (broad SMARTS) is 1. The summed E-state index contributed by atoms with van der Waals surface area (Å²) in [5, 5.41) is 10.4. The Labute approximate surface area is 228 Å². The number of nitrogens with zero attached hydrogens (tertiary/aromatic N) is 4. The third-order valence-corrected chi connectivity index (χ3v) is 7.52. The second kappa shape index (κ2) is 10.6. The van der Waals surface area contributed by atoms with Crippen molar-refractivity contribution >= 4 is 40.2 Å². The third-order valence-electron chi connectivity index (χ3n) is 6.99. The SMILES string of the molecule is O=C(O)c1ccc2nc(CN3CC(Cc4cnc(COc5ccc(Cl)cc5Cl)o4)C3)n(C[C@@H]3CCO3)c2c1. The molecule has 1 N–H and O–H groups in total. The maximum absolute atomic E-state index is 11.5. The fraction of sp³-hybridized carbons (Fsp3) is 0.370. The van der Waals surface area contributed by atoms with E-state index in [-0.39, 0.29) is 18.3 Å². The van der Waals surface area contributed by atoms with Crippen LogP contribution in [0.1, 0.15) is 34.3 Å². The minimum atomic E-state index is -0.942. The second-order valence-electron chi connectivity index (χ2n) is 9.78. The van der Waals surface area contributed by atoms with Gasteiger partial charge in [0.25, 0.3) is 0 Å². The van der Waals surface area contributed by atoms with Crippen molar-refractivity contribution in [3.05, 3.63) is 75.7 Å². The van der Waals surface area contributed by atoms with Gasteiger partial charge in [-0.3, -0.25) is 4.90 Å². The van der Waals surface area contributed by atoms with Crippen LogP contribution in [0.15, 0.2) is 47.0 Å². The Balaban J connectivity index is 1.05. The molecule has 2 fully saturated rings. The molecule has 4 aromatic rings. The first-order valence-electron chi connectivity index (χ1n) is 12.5. The van der Waals surface area contributed by atoms with Crippen LogP contribution in [-0.2, 0) is 30.9 Å². The average Bonchev–Trinajstić information content (AvgIpc) is 3.42. The molecule has 2 aromatic heterocycles. The Bertz CT molecular complexity index is 1480. The average molecular weight is 557 g/mol. The van der Waals surface area contributed by atoms with E-state index in [0.29, 0.717) is 40.7 Å². The van der Waals surface area contributed by atoms with Gasteiger partial charge in [0.1, 0.15) is 17.3 Å². The van der Waals surface area contributed by atoms with E-state index >= 15 is 0 Å². The van der Waals surface area contributed by atoms with E-state index in [2.05, 4.69) is 14.5 Å². The highest BCUT2D eigenvalue weighted by Gasteiger charge is 2.30. The van der Waals surface area contributed by atoms with E-state index in [9.17, 15) is 9.90 Å². The van der Waals surface area contributed by atoms with Crippen molar-refractivity contribution in [1.82, 2.24) is 19.4 Å². The van der Waals surface area contributed by atoms with E-state index in [0.717, 1.165) is 55.2 Å². The number of ether oxygens (including phenoxy) is 2. The first kappa shape index (κ1) is 25.2. The smallest absolute Gasteiger partial charge is 0.335 e. The van der Waals surface area contributed by atoms with Crippen LogP contribution in [0.4, 0.5) is 0 Å². The lowest BCUT2D eigenvalue weighted by atomic mass is 9.95. The van der Waals surface area contributed by atoms with Crippen molar-refractivity contribution in [2.45, 2.75) is 38.6 Å². The fourth-order valence-electron chi connectivity index (χ4n) is 4.92. The van der Waals surface area contributed by atoms with Crippen LogP contribution in [0.2, 0.25) is 10.0 Å². The molecule has 38 heavy (non-hydrogen) atoms. The number of aromatic carboxylic acids is 1. The monoisotopic (exact) mass is 556 g/mol. The summed E-state index contributed by atoms with van der Waals surface area (Å²) in [4.78, 5) is 23.0. The van der Waals surface area contributed by atoms with Crippen molar-refractivity contribution in [3.63, 3.8) is 0 Å². The summed E-state index contributed by atoms with van der Waals surface area (Å²) in [5.74, 6) is 2.29. The van der Waals surface area contributed by atoms with Gasteiger partial charge in [0.2, 0.25) is 5.89 Å². The number of fused-ring (bicyclic) bond motifs is 1. The number of carbonyl (C=O) groups is 1. The Morgan fingerprint density at radius 3 is 2.76 bits per heavy atom. The zero-order chi connectivity index (χ0) is 26.2. The van der Waals surface area contributed by atoms with Gasteiger partial charge in [-0.05, 0) is 48.7 Å². The molecule has 0 aliphatic carbocycles. The maximum Gasteiger partial charge on any atom is 0.335 e. The topological polar surface area (TPSA) is 103 Å². The lowest BCUT2D eigenvalue weighted by molar-refractivity contribution is -0.0594. The lowest BCUT2D eigenvalue weighted by Gasteiger charge is -2.39. The zero-order valence-electron chi connectivity index (χ0n) is 20.5. The predicted molar refractivity (Wildman–Crippen MR) is 141 cm³/mol.